The fourth-order valence-electron chi connectivity index (χ4n) is 5.83. The largest absolute Gasteiger partial charge is 0.326 e. The van der Waals surface area contributed by atoms with Crippen molar-refractivity contribution in [1.82, 2.24) is 0 Å². The lowest BCUT2D eigenvalue weighted by atomic mass is 9.55. The monoisotopic (exact) mass is 408 g/mol. The first-order chi connectivity index (χ1) is 15.1. The van der Waals surface area contributed by atoms with E-state index in [9.17, 15) is 14.4 Å². The second-order valence-corrected chi connectivity index (χ2v) is 8.50. The molecular formula is C26H20N2O3. The van der Waals surface area contributed by atoms with Gasteiger partial charge in [0.1, 0.15) is 0 Å². The summed E-state index contributed by atoms with van der Waals surface area (Å²) in [4.78, 5) is 40.0. The highest BCUT2D eigenvalue weighted by Crippen LogP contribution is 2.61. The number of nitrogens with one attached hydrogen (secondary N) is 1. The first-order valence-electron chi connectivity index (χ1n) is 10.5. The van der Waals surface area contributed by atoms with Crippen LogP contribution in [0.3, 0.4) is 0 Å². The third-order valence-corrected chi connectivity index (χ3v) is 6.89. The van der Waals surface area contributed by atoms with Gasteiger partial charge in [-0.3, -0.25) is 14.4 Å². The van der Waals surface area contributed by atoms with Gasteiger partial charge in [-0.05, 0) is 46.5 Å². The highest BCUT2D eigenvalue weighted by molar-refractivity contribution is 6.23. The molecule has 1 saturated heterocycles. The molecule has 5 nitrogen and oxygen atoms in total. The Balaban J connectivity index is 1.46. The van der Waals surface area contributed by atoms with Gasteiger partial charge in [-0.2, -0.15) is 0 Å². The van der Waals surface area contributed by atoms with Gasteiger partial charge in [0.25, 0.3) is 0 Å². The normalized spacial score (nSPS) is 25.1. The number of carbonyl (C=O) groups excluding carboxylic acids is 3. The molecule has 3 aliphatic carbocycles. The molecule has 3 amide bonds. The number of anilines is 2. The molecule has 0 radical (unpaired) electrons. The van der Waals surface area contributed by atoms with Gasteiger partial charge >= 0.3 is 0 Å². The molecule has 0 spiro atoms. The van der Waals surface area contributed by atoms with Crippen LogP contribution in [0.15, 0.2) is 72.8 Å². The minimum absolute atomic E-state index is 0.109. The highest BCUT2D eigenvalue weighted by Gasteiger charge is 2.61. The zero-order chi connectivity index (χ0) is 21.3. The number of benzene rings is 3. The van der Waals surface area contributed by atoms with Gasteiger partial charge in [0, 0.05) is 24.4 Å². The Bertz CT molecular complexity index is 1150. The first-order valence-corrected chi connectivity index (χ1v) is 10.5. The smallest absolute Gasteiger partial charge is 0.238 e. The summed E-state index contributed by atoms with van der Waals surface area (Å²) in [6.07, 6.45) is 0. The summed E-state index contributed by atoms with van der Waals surface area (Å²) >= 11 is 0. The maximum absolute atomic E-state index is 13.7. The predicted octanol–water partition coefficient (Wildman–Crippen LogP) is 4.04. The minimum atomic E-state index is -0.391. The van der Waals surface area contributed by atoms with E-state index in [1.807, 2.05) is 24.3 Å². The number of nitrogens with zero attached hydrogens (tertiary/aromatic N) is 1. The minimum Gasteiger partial charge on any atom is -0.326 e. The molecule has 0 aromatic heterocycles. The molecular weight excluding hydrogens is 388 g/mol. The lowest BCUT2D eigenvalue weighted by Gasteiger charge is -2.45. The second kappa shape index (κ2) is 6.38. The number of amides is 3. The Labute approximate surface area is 179 Å². The van der Waals surface area contributed by atoms with E-state index in [1.54, 1.807) is 24.3 Å². The topological polar surface area (TPSA) is 66.5 Å². The third-order valence-electron chi connectivity index (χ3n) is 6.89. The van der Waals surface area contributed by atoms with Crippen molar-refractivity contribution < 1.29 is 14.4 Å². The van der Waals surface area contributed by atoms with Crippen LogP contribution in [-0.2, 0) is 14.4 Å². The van der Waals surface area contributed by atoms with Crippen LogP contribution in [0.1, 0.15) is 41.0 Å². The number of carbonyl (C=O) groups is 3. The third kappa shape index (κ3) is 2.40. The van der Waals surface area contributed by atoms with Crippen LogP contribution in [-0.4, -0.2) is 17.7 Å². The lowest BCUT2D eigenvalue weighted by Crippen LogP contribution is -2.41. The molecule has 1 fully saturated rings. The van der Waals surface area contributed by atoms with Gasteiger partial charge in [-0.25, -0.2) is 4.90 Å². The van der Waals surface area contributed by atoms with Gasteiger partial charge in [-0.1, -0.05) is 48.5 Å². The Hall–Kier alpha value is -3.73. The van der Waals surface area contributed by atoms with Crippen LogP contribution in [0.2, 0.25) is 0 Å². The van der Waals surface area contributed by atoms with E-state index in [2.05, 4.69) is 29.6 Å². The molecule has 2 atom stereocenters. The predicted molar refractivity (Wildman–Crippen MR) is 117 cm³/mol. The number of rotatable bonds is 2. The summed E-state index contributed by atoms with van der Waals surface area (Å²) in [7, 11) is 0. The first kappa shape index (κ1) is 18.1. The zero-order valence-electron chi connectivity index (χ0n) is 16.9. The molecule has 3 aromatic rings. The molecule has 5 heteroatoms. The summed E-state index contributed by atoms with van der Waals surface area (Å²) in [5.41, 5.74) is 5.83. The summed E-state index contributed by atoms with van der Waals surface area (Å²) in [6, 6.07) is 23.3. The van der Waals surface area contributed by atoms with Crippen LogP contribution in [0.5, 0.6) is 0 Å². The van der Waals surface area contributed by atoms with Crippen molar-refractivity contribution in [2.45, 2.75) is 18.8 Å². The molecule has 3 aromatic carbocycles. The van der Waals surface area contributed by atoms with Crippen molar-refractivity contribution in [1.29, 1.82) is 0 Å². The Morgan fingerprint density at radius 3 is 1.52 bits per heavy atom. The van der Waals surface area contributed by atoms with Crippen molar-refractivity contribution in [3.63, 3.8) is 0 Å². The van der Waals surface area contributed by atoms with Crippen molar-refractivity contribution in [2.24, 2.45) is 11.8 Å². The fraction of sp³-hybridized carbons (Fsp3) is 0.192. The van der Waals surface area contributed by atoms with Crippen LogP contribution >= 0.6 is 0 Å². The average Bonchev–Trinajstić information content (AvgIpc) is 3.05. The molecule has 7 rings (SSSR count). The highest BCUT2D eigenvalue weighted by atomic mass is 16.2. The molecule has 31 heavy (non-hydrogen) atoms. The van der Waals surface area contributed by atoms with E-state index < -0.39 is 11.8 Å². The van der Waals surface area contributed by atoms with Crippen LogP contribution in [0.4, 0.5) is 11.4 Å². The molecule has 1 N–H and O–H groups in total. The quantitative estimate of drug-likeness (QED) is 0.651. The van der Waals surface area contributed by atoms with Crippen LogP contribution in [0.25, 0.3) is 0 Å². The molecule has 1 heterocycles. The molecule has 0 saturated carbocycles. The van der Waals surface area contributed by atoms with Gasteiger partial charge in [0.15, 0.2) is 0 Å². The number of hydrogen-bond acceptors (Lipinski definition) is 3. The van der Waals surface area contributed by atoms with Gasteiger partial charge in [-0.15, -0.1) is 0 Å². The molecule has 1 aliphatic heterocycles. The molecule has 4 aliphatic rings. The summed E-state index contributed by atoms with van der Waals surface area (Å²) < 4.78 is 0. The van der Waals surface area contributed by atoms with Gasteiger partial charge in [0.05, 0.1) is 17.5 Å². The Morgan fingerprint density at radius 2 is 1.13 bits per heavy atom. The van der Waals surface area contributed by atoms with E-state index in [-0.39, 0.29) is 29.6 Å². The van der Waals surface area contributed by atoms with Crippen LogP contribution < -0.4 is 10.2 Å². The van der Waals surface area contributed by atoms with E-state index in [4.69, 9.17) is 0 Å². The van der Waals surface area contributed by atoms with E-state index in [1.165, 1.54) is 11.8 Å². The van der Waals surface area contributed by atoms with Crippen molar-refractivity contribution in [2.75, 3.05) is 10.2 Å². The standard InChI is InChI=1S/C26H20N2O3/c1-14(29)27-15-10-12-16(13-11-15)28-25(30)23-21-17-6-2-3-7-18(17)22(24(23)26(28)31)20-9-5-4-8-19(20)21/h2-13,21-24H,1H3,(H,27,29)/t21?,22?,23-,24-/m1/s1. The SMILES string of the molecule is CC(=O)Nc1ccc(N2C(=O)[C@@H]3C4c5ccccc5C(c5ccccc54)[C@H]3C2=O)cc1. The van der Waals surface area contributed by atoms with E-state index in [0.29, 0.717) is 11.4 Å². The second-order valence-electron chi connectivity index (χ2n) is 8.50. The summed E-state index contributed by atoms with van der Waals surface area (Å²) in [5.74, 6) is -1.44. The van der Waals surface area contributed by atoms with Gasteiger partial charge in [0.2, 0.25) is 17.7 Å². The van der Waals surface area contributed by atoms with Crippen molar-refractivity contribution in [3.8, 4) is 0 Å². The van der Waals surface area contributed by atoms with E-state index in [0.717, 1.165) is 22.3 Å². The molecule has 2 bridgehead atoms. The summed E-state index contributed by atoms with van der Waals surface area (Å²) in [5, 5.41) is 2.72. The number of hydrogen-bond donors (Lipinski definition) is 1. The van der Waals surface area contributed by atoms with Crippen molar-refractivity contribution >= 4 is 29.1 Å². The Morgan fingerprint density at radius 1 is 0.710 bits per heavy atom. The van der Waals surface area contributed by atoms with Crippen molar-refractivity contribution in [3.05, 3.63) is 95.1 Å². The maximum atomic E-state index is 13.7. The van der Waals surface area contributed by atoms with Gasteiger partial charge < -0.3 is 5.32 Å². The number of imide groups is 1. The molecule has 152 valence electrons. The molecule has 0 unspecified atom stereocenters. The van der Waals surface area contributed by atoms with E-state index >= 15 is 0 Å². The maximum Gasteiger partial charge on any atom is 0.238 e. The average molecular weight is 408 g/mol. The lowest BCUT2D eigenvalue weighted by molar-refractivity contribution is -0.122. The zero-order valence-corrected chi connectivity index (χ0v) is 16.9. The fourth-order valence-corrected chi connectivity index (χ4v) is 5.83. The Kier molecular flexibility index (Phi) is 3.72. The summed E-state index contributed by atoms with van der Waals surface area (Å²) in [6.45, 7) is 1.44. The van der Waals surface area contributed by atoms with Crippen LogP contribution in [0, 0.1) is 11.8 Å².